The molecule has 0 unspecified atom stereocenters. The van der Waals surface area contributed by atoms with Crippen LogP contribution in [-0.2, 0) is 0 Å². The number of hydrogen-bond acceptors (Lipinski definition) is 2. The van der Waals surface area contributed by atoms with E-state index in [1.807, 2.05) is 31.2 Å². The Labute approximate surface area is 121 Å². The van der Waals surface area contributed by atoms with Gasteiger partial charge < -0.3 is 10.6 Å². The molecule has 0 aliphatic heterocycles. The van der Waals surface area contributed by atoms with Crippen LogP contribution in [0.2, 0.25) is 0 Å². The molecule has 0 aliphatic carbocycles. The summed E-state index contributed by atoms with van der Waals surface area (Å²) in [5.74, 6) is -0.00958. The predicted molar refractivity (Wildman–Crippen MR) is 82.1 cm³/mol. The number of nitrogens with zero attached hydrogens (tertiary/aromatic N) is 1. The highest BCUT2D eigenvalue weighted by molar-refractivity contribution is 14.1. The average Bonchev–Trinajstić information content (AvgIpc) is 2.28. The van der Waals surface area contributed by atoms with Gasteiger partial charge in [0.05, 0.1) is 17.1 Å². The highest BCUT2D eigenvalue weighted by Gasteiger charge is 2.17. The molecule has 92 valence electrons. The lowest BCUT2D eigenvalue weighted by Crippen LogP contribution is -2.38. The lowest BCUT2D eigenvalue weighted by molar-refractivity contribution is 0.0779. The Balaban J connectivity index is 2.91. The van der Waals surface area contributed by atoms with Crippen molar-refractivity contribution in [2.24, 2.45) is 5.73 Å². The molecular formula is C12H15IN2OS. The van der Waals surface area contributed by atoms with E-state index in [0.717, 1.165) is 9.99 Å². The molecule has 0 atom stereocenters. The zero-order valence-corrected chi connectivity index (χ0v) is 12.6. The van der Waals surface area contributed by atoms with E-state index in [-0.39, 0.29) is 5.91 Å². The maximum absolute atomic E-state index is 12.3. The molecule has 0 saturated heterocycles. The molecular weight excluding hydrogens is 347 g/mol. The summed E-state index contributed by atoms with van der Waals surface area (Å²) in [6.45, 7) is 3.03. The molecule has 17 heavy (non-hydrogen) atoms. The number of amides is 1. The minimum atomic E-state index is -0.00958. The summed E-state index contributed by atoms with van der Waals surface area (Å²) in [6.07, 6.45) is 0.887. The highest BCUT2D eigenvalue weighted by atomic mass is 127. The molecule has 0 radical (unpaired) electrons. The lowest BCUT2D eigenvalue weighted by atomic mass is 10.2. The molecule has 1 aromatic carbocycles. The Kier molecular flexibility index (Phi) is 5.84. The van der Waals surface area contributed by atoms with Crippen LogP contribution in [0.3, 0.4) is 0 Å². The molecule has 1 amide bonds. The summed E-state index contributed by atoms with van der Waals surface area (Å²) in [5.41, 5.74) is 6.22. The van der Waals surface area contributed by atoms with E-state index in [1.165, 1.54) is 0 Å². The number of halogens is 1. The Morgan fingerprint density at radius 3 is 2.65 bits per heavy atom. The van der Waals surface area contributed by atoms with E-state index >= 15 is 0 Å². The zero-order valence-electron chi connectivity index (χ0n) is 9.65. The number of rotatable bonds is 5. The minimum absolute atomic E-state index is 0.00958. The van der Waals surface area contributed by atoms with Gasteiger partial charge in [-0.05, 0) is 41.1 Å². The molecule has 5 heteroatoms. The smallest absolute Gasteiger partial charge is 0.255 e. The van der Waals surface area contributed by atoms with Gasteiger partial charge in [0, 0.05) is 10.1 Å². The summed E-state index contributed by atoms with van der Waals surface area (Å²) in [5, 5.41) is 0. The van der Waals surface area contributed by atoms with Gasteiger partial charge >= 0.3 is 0 Å². The number of carbonyl (C=O) groups is 1. The van der Waals surface area contributed by atoms with Gasteiger partial charge in [-0.25, -0.2) is 0 Å². The van der Waals surface area contributed by atoms with Crippen molar-refractivity contribution < 1.29 is 4.79 Å². The van der Waals surface area contributed by atoms with Gasteiger partial charge in [-0.15, -0.1) is 0 Å². The number of thiocarbonyl (C=S) groups is 1. The minimum Gasteiger partial charge on any atom is -0.392 e. The van der Waals surface area contributed by atoms with Gasteiger partial charge in [0.15, 0.2) is 0 Å². The molecule has 0 aromatic heterocycles. The third-order valence-corrected chi connectivity index (χ3v) is 3.30. The molecule has 0 heterocycles. The summed E-state index contributed by atoms with van der Waals surface area (Å²) in [4.78, 5) is 14.3. The lowest BCUT2D eigenvalue weighted by Gasteiger charge is -2.22. The SMILES string of the molecule is CCCN(CC(N)=S)C(=O)c1ccccc1I. The standard InChI is InChI=1S/C12H15IN2OS/c1-2-7-15(8-11(14)17)12(16)9-5-3-4-6-10(9)13/h3-6H,2,7-8H2,1H3,(H2,14,17). The number of carbonyl (C=O) groups excluding carboxylic acids is 1. The van der Waals surface area contributed by atoms with Crippen LogP contribution in [-0.4, -0.2) is 28.9 Å². The molecule has 0 aliphatic rings. The van der Waals surface area contributed by atoms with Gasteiger partial charge in [-0.3, -0.25) is 4.79 Å². The van der Waals surface area contributed by atoms with Crippen molar-refractivity contribution in [2.45, 2.75) is 13.3 Å². The zero-order chi connectivity index (χ0) is 12.8. The Morgan fingerprint density at radius 2 is 2.12 bits per heavy atom. The monoisotopic (exact) mass is 362 g/mol. The van der Waals surface area contributed by atoms with E-state index in [9.17, 15) is 4.79 Å². The second kappa shape index (κ2) is 6.90. The fraction of sp³-hybridized carbons (Fsp3) is 0.333. The molecule has 1 aromatic rings. The van der Waals surface area contributed by atoms with Crippen molar-refractivity contribution in [2.75, 3.05) is 13.1 Å². The normalized spacial score (nSPS) is 10.0. The third-order valence-electron chi connectivity index (χ3n) is 2.23. The molecule has 0 spiro atoms. The first-order valence-corrected chi connectivity index (χ1v) is 6.87. The maximum Gasteiger partial charge on any atom is 0.255 e. The fourth-order valence-electron chi connectivity index (χ4n) is 1.52. The van der Waals surface area contributed by atoms with Crippen LogP contribution in [0.1, 0.15) is 23.7 Å². The number of hydrogen-bond donors (Lipinski definition) is 1. The van der Waals surface area contributed by atoms with E-state index < -0.39 is 0 Å². The molecule has 2 N–H and O–H groups in total. The van der Waals surface area contributed by atoms with Crippen molar-refractivity contribution in [3.8, 4) is 0 Å². The fourth-order valence-corrected chi connectivity index (χ4v) is 2.29. The first-order chi connectivity index (χ1) is 8.06. The number of benzene rings is 1. The summed E-state index contributed by atoms with van der Waals surface area (Å²) >= 11 is 7.03. The van der Waals surface area contributed by atoms with Crippen LogP contribution in [0.25, 0.3) is 0 Å². The van der Waals surface area contributed by atoms with E-state index in [4.69, 9.17) is 18.0 Å². The second-order valence-corrected chi connectivity index (χ2v) is 5.36. The third kappa shape index (κ3) is 4.23. The van der Waals surface area contributed by atoms with Crippen LogP contribution < -0.4 is 5.73 Å². The average molecular weight is 362 g/mol. The van der Waals surface area contributed by atoms with Crippen LogP contribution >= 0.6 is 34.8 Å². The molecule has 0 bridgehead atoms. The van der Waals surface area contributed by atoms with Gasteiger partial charge in [0.1, 0.15) is 0 Å². The quantitative estimate of drug-likeness (QED) is 0.647. The van der Waals surface area contributed by atoms with Crippen molar-refractivity contribution in [1.29, 1.82) is 0 Å². The van der Waals surface area contributed by atoms with Gasteiger partial charge in [0.25, 0.3) is 5.91 Å². The van der Waals surface area contributed by atoms with Crippen molar-refractivity contribution in [3.63, 3.8) is 0 Å². The van der Waals surface area contributed by atoms with Gasteiger partial charge in [-0.2, -0.15) is 0 Å². The van der Waals surface area contributed by atoms with Crippen LogP contribution in [0.5, 0.6) is 0 Å². The Hall–Kier alpha value is -0.690. The predicted octanol–water partition coefficient (Wildman–Crippen LogP) is 2.43. The summed E-state index contributed by atoms with van der Waals surface area (Å²) < 4.78 is 0.944. The first kappa shape index (κ1) is 14.4. The van der Waals surface area contributed by atoms with Gasteiger partial charge in [-0.1, -0.05) is 31.3 Å². The van der Waals surface area contributed by atoms with Gasteiger partial charge in [0.2, 0.25) is 0 Å². The van der Waals surface area contributed by atoms with E-state index in [0.29, 0.717) is 23.6 Å². The summed E-state index contributed by atoms with van der Waals surface area (Å²) in [7, 11) is 0. The molecule has 0 saturated carbocycles. The van der Waals surface area contributed by atoms with Crippen LogP contribution in [0, 0.1) is 3.57 Å². The first-order valence-electron chi connectivity index (χ1n) is 5.38. The highest BCUT2D eigenvalue weighted by Crippen LogP contribution is 2.14. The maximum atomic E-state index is 12.3. The van der Waals surface area contributed by atoms with Crippen LogP contribution in [0.15, 0.2) is 24.3 Å². The molecule has 1 rings (SSSR count). The largest absolute Gasteiger partial charge is 0.392 e. The van der Waals surface area contributed by atoms with E-state index in [1.54, 1.807) is 4.90 Å². The summed E-state index contributed by atoms with van der Waals surface area (Å²) in [6, 6.07) is 7.52. The van der Waals surface area contributed by atoms with Crippen molar-refractivity contribution in [3.05, 3.63) is 33.4 Å². The molecule has 3 nitrogen and oxygen atoms in total. The Bertz CT molecular complexity index is 423. The van der Waals surface area contributed by atoms with Crippen molar-refractivity contribution in [1.82, 2.24) is 4.90 Å². The van der Waals surface area contributed by atoms with E-state index in [2.05, 4.69) is 22.6 Å². The number of nitrogens with two attached hydrogens (primary N) is 1. The van der Waals surface area contributed by atoms with Crippen LogP contribution in [0.4, 0.5) is 0 Å². The second-order valence-electron chi connectivity index (χ2n) is 3.67. The van der Waals surface area contributed by atoms with Crippen molar-refractivity contribution >= 4 is 45.7 Å². The Morgan fingerprint density at radius 1 is 1.47 bits per heavy atom. The topological polar surface area (TPSA) is 46.3 Å². The molecule has 0 fully saturated rings.